The number of thioether (sulfide) groups is 2. The molecule has 4 rings (SSSR count). The molecule has 19 heavy (non-hydrogen) atoms. The Balaban J connectivity index is 1.64. The molecule has 0 bridgehead atoms. The number of aromatic nitrogens is 1. The Kier molecular flexibility index (Phi) is 2.74. The van der Waals surface area contributed by atoms with Gasteiger partial charge < -0.3 is 5.32 Å². The van der Waals surface area contributed by atoms with Crippen molar-refractivity contribution in [3.63, 3.8) is 0 Å². The number of nitrogens with zero attached hydrogens (tertiary/aromatic N) is 1. The maximum atomic E-state index is 12.4. The van der Waals surface area contributed by atoms with Crippen LogP contribution in [0.1, 0.15) is 18.4 Å². The molecule has 3 aliphatic rings. The molecule has 2 aliphatic heterocycles. The molecule has 100 valence electrons. The van der Waals surface area contributed by atoms with Gasteiger partial charge in [-0.05, 0) is 46.8 Å². The van der Waals surface area contributed by atoms with Crippen LogP contribution in [0.5, 0.6) is 0 Å². The van der Waals surface area contributed by atoms with Crippen molar-refractivity contribution >= 4 is 51.2 Å². The minimum atomic E-state index is -0.181. The predicted octanol–water partition coefficient (Wildman–Crippen LogP) is 3.30. The molecule has 1 amide bonds. The van der Waals surface area contributed by atoms with E-state index >= 15 is 0 Å². The highest BCUT2D eigenvalue weighted by Gasteiger charge is 2.61. The molecule has 1 aromatic rings. The van der Waals surface area contributed by atoms with Gasteiger partial charge in [-0.1, -0.05) is 0 Å². The Morgan fingerprint density at radius 3 is 2.79 bits per heavy atom. The van der Waals surface area contributed by atoms with E-state index < -0.39 is 0 Å². The molecule has 1 N–H and O–H groups in total. The van der Waals surface area contributed by atoms with E-state index in [9.17, 15) is 4.79 Å². The number of rotatable bonds is 0. The van der Waals surface area contributed by atoms with Crippen LogP contribution >= 0.6 is 39.5 Å². The zero-order valence-electron chi connectivity index (χ0n) is 10.2. The normalized spacial score (nSPS) is 26.1. The first-order valence-corrected chi connectivity index (χ1v) is 9.11. The topological polar surface area (TPSA) is 42.0 Å². The summed E-state index contributed by atoms with van der Waals surface area (Å²) in [6.07, 6.45) is 4.59. The van der Waals surface area contributed by atoms with Crippen molar-refractivity contribution in [1.82, 2.24) is 4.98 Å². The second kappa shape index (κ2) is 4.15. The number of amides is 1. The van der Waals surface area contributed by atoms with Gasteiger partial charge in [-0.2, -0.15) is 0 Å². The molecule has 2 fully saturated rings. The van der Waals surface area contributed by atoms with Crippen LogP contribution in [0, 0.1) is 5.41 Å². The van der Waals surface area contributed by atoms with Gasteiger partial charge in [-0.3, -0.25) is 4.79 Å². The van der Waals surface area contributed by atoms with E-state index in [1.165, 1.54) is 11.5 Å². The quantitative estimate of drug-likeness (QED) is 0.774. The number of pyridine rings is 1. The highest BCUT2D eigenvalue weighted by molar-refractivity contribution is 9.10. The van der Waals surface area contributed by atoms with Crippen LogP contribution in [0.3, 0.4) is 0 Å². The molecule has 0 radical (unpaired) electrons. The summed E-state index contributed by atoms with van der Waals surface area (Å²) in [5.74, 6) is 3.37. The smallest absolute Gasteiger partial charge is 0.232 e. The van der Waals surface area contributed by atoms with E-state index in [4.69, 9.17) is 0 Å². The molecule has 0 unspecified atom stereocenters. The monoisotopic (exact) mass is 356 g/mol. The first-order valence-electron chi connectivity index (χ1n) is 6.35. The van der Waals surface area contributed by atoms with E-state index in [2.05, 4.69) is 32.3 Å². The van der Waals surface area contributed by atoms with Crippen molar-refractivity contribution in [2.24, 2.45) is 5.41 Å². The fourth-order valence-electron chi connectivity index (χ4n) is 3.38. The standard InChI is InChI=1S/C13H13BrN2OS2/c14-9-3-8-4-12(11(17)16-10(8)15-5-9)6-13(7-12)18-1-2-19-13/h3,5H,1-2,4,6-7H2,(H,15,16,17). The molecule has 0 aromatic carbocycles. The van der Waals surface area contributed by atoms with Crippen LogP contribution in [-0.2, 0) is 11.2 Å². The van der Waals surface area contributed by atoms with Crippen LogP contribution in [0.25, 0.3) is 0 Å². The Morgan fingerprint density at radius 1 is 1.32 bits per heavy atom. The highest BCUT2D eigenvalue weighted by atomic mass is 79.9. The molecular formula is C13H13BrN2OS2. The number of carbonyl (C=O) groups excluding carboxylic acids is 1. The summed E-state index contributed by atoms with van der Waals surface area (Å²) in [5, 5.41) is 3.00. The lowest BCUT2D eigenvalue weighted by Gasteiger charge is -2.53. The first kappa shape index (κ1) is 12.5. The fraction of sp³-hybridized carbons (Fsp3) is 0.538. The zero-order chi connectivity index (χ0) is 13.1. The minimum absolute atomic E-state index is 0.175. The average molecular weight is 357 g/mol. The summed E-state index contributed by atoms with van der Waals surface area (Å²) < 4.78 is 1.31. The van der Waals surface area contributed by atoms with Gasteiger partial charge >= 0.3 is 0 Å². The van der Waals surface area contributed by atoms with Crippen LogP contribution in [0.15, 0.2) is 16.7 Å². The average Bonchev–Trinajstić information content (AvgIpc) is 2.79. The summed E-state index contributed by atoms with van der Waals surface area (Å²) in [4.78, 5) is 16.7. The molecule has 6 heteroatoms. The maximum absolute atomic E-state index is 12.4. The lowest BCUT2D eigenvalue weighted by Crippen LogP contribution is -2.56. The van der Waals surface area contributed by atoms with Crippen molar-refractivity contribution < 1.29 is 4.79 Å². The van der Waals surface area contributed by atoms with Gasteiger partial charge in [-0.25, -0.2) is 4.98 Å². The Hall–Kier alpha value is -0.200. The van der Waals surface area contributed by atoms with Gasteiger partial charge in [-0.15, -0.1) is 23.5 Å². The number of nitrogens with one attached hydrogen (secondary N) is 1. The molecule has 1 aromatic heterocycles. The van der Waals surface area contributed by atoms with Gasteiger partial charge in [0.2, 0.25) is 5.91 Å². The number of anilines is 1. The van der Waals surface area contributed by atoms with E-state index in [1.807, 2.05) is 23.5 Å². The van der Waals surface area contributed by atoms with Crippen LogP contribution in [0.2, 0.25) is 0 Å². The second-order valence-corrected chi connectivity index (χ2v) is 9.66. The largest absolute Gasteiger partial charge is 0.310 e. The summed E-state index contributed by atoms with van der Waals surface area (Å²) in [6, 6.07) is 2.09. The molecule has 3 heterocycles. The van der Waals surface area contributed by atoms with Crippen LogP contribution in [-0.4, -0.2) is 26.5 Å². The van der Waals surface area contributed by atoms with Crippen molar-refractivity contribution in [1.29, 1.82) is 0 Å². The third-order valence-electron chi connectivity index (χ3n) is 4.20. The second-order valence-electron chi connectivity index (χ2n) is 5.53. The van der Waals surface area contributed by atoms with E-state index in [1.54, 1.807) is 6.20 Å². The Morgan fingerprint density at radius 2 is 2.05 bits per heavy atom. The highest BCUT2D eigenvalue weighted by Crippen LogP contribution is 2.66. The third kappa shape index (κ3) is 1.87. The third-order valence-corrected chi connectivity index (χ3v) is 8.05. The lowest BCUT2D eigenvalue weighted by atomic mass is 9.62. The lowest BCUT2D eigenvalue weighted by molar-refractivity contribution is -0.131. The number of halogens is 1. The first-order chi connectivity index (χ1) is 9.11. The molecule has 0 atom stereocenters. The van der Waals surface area contributed by atoms with Crippen molar-refractivity contribution in [3.05, 3.63) is 22.3 Å². The van der Waals surface area contributed by atoms with E-state index in [-0.39, 0.29) is 11.3 Å². The summed E-state index contributed by atoms with van der Waals surface area (Å²) in [5.41, 5.74) is 0.983. The van der Waals surface area contributed by atoms with E-state index in [0.717, 1.165) is 35.1 Å². The predicted molar refractivity (Wildman–Crippen MR) is 83.6 cm³/mol. The van der Waals surface area contributed by atoms with E-state index in [0.29, 0.717) is 4.08 Å². The van der Waals surface area contributed by atoms with Gasteiger partial charge in [0, 0.05) is 22.2 Å². The minimum Gasteiger partial charge on any atom is -0.310 e. The van der Waals surface area contributed by atoms with Gasteiger partial charge in [0.15, 0.2) is 0 Å². The van der Waals surface area contributed by atoms with Crippen molar-refractivity contribution in [3.8, 4) is 0 Å². The van der Waals surface area contributed by atoms with Gasteiger partial charge in [0.25, 0.3) is 0 Å². The number of carbonyl (C=O) groups is 1. The van der Waals surface area contributed by atoms with Crippen LogP contribution in [0.4, 0.5) is 5.82 Å². The van der Waals surface area contributed by atoms with Gasteiger partial charge in [0.05, 0.1) is 9.49 Å². The maximum Gasteiger partial charge on any atom is 0.232 e. The van der Waals surface area contributed by atoms with Crippen molar-refractivity contribution in [2.75, 3.05) is 16.8 Å². The molecule has 2 spiro atoms. The SMILES string of the molecule is O=C1Nc2ncc(Br)cc2CC12CC1(C2)SCCS1. The molecule has 3 nitrogen and oxygen atoms in total. The number of fused-ring (bicyclic) bond motifs is 1. The summed E-state index contributed by atoms with van der Waals surface area (Å²) in [6.45, 7) is 0. The molecular weight excluding hydrogens is 344 g/mol. The summed E-state index contributed by atoms with van der Waals surface area (Å²) >= 11 is 7.55. The molecule has 1 saturated carbocycles. The zero-order valence-corrected chi connectivity index (χ0v) is 13.5. The number of hydrogen-bond acceptors (Lipinski definition) is 4. The van der Waals surface area contributed by atoms with Crippen molar-refractivity contribution in [2.45, 2.75) is 23.3 Å². The summed E-state index contributed by atoms with van der Waals surface area (Å²) in [7, 11) is 0. The fourth-order valence-corrected chi connectivity index (χ4v) is 7.52. The number of hydrogen-bond donors (Lipinski definition) is 1. The molecule has 1 saturated heterocycles. The Labute approximate surface area is 128 Å². The van der Waals surface area contributed by atoms with Gasteiger partial charge in [0.1, 0.15) is 5.82 Å². The van der Waals surface area contributed by atoms with Crippen LogP contribution < -0.4 is 5.32 Å². The molecule has 1 aliphatic carbocycles. The Bertz CT molecular complexity index is 564.